The third-order valence-electron chi connectivity index (χ3n) is 2.32. The van der Waals surface area contributed by atoms with Crippen molar-refractivity contribution in [1.29, 1.82) is 0 Å². The van der Waals surface area contributed by atoms with Gasteiger partial charge in [-0.1, -0.05) is 24.4 Å². The van der Waals surface area contributed by atoms with Crippen LogP contribution in [0, 0.1) is 10.1 Å². The zero-order chi connectivity index (χ0) is 14.6. The molecule has 0 aliphatic rings. The van der Waals surface area contributed by atoms with Crippen LogP contribution in [0.3, 0.4) is 0 Å². The minimum atomic E-state index is -3.61. The van der Waals surface area contributed by atoms with Crippen LogP contribution in [-0.4, -0.2) is 36.2 Å². The van der Waals surface area contributed by atoms with Crippen molar-refractivity contribution >= 4 is 32.9 Å². The Hall–Kier alpha value is -1.58. The Balaban J connectivity index is 2.92. The van der Waals surface area contributed by atoms with Crippen molar-refractivity contribution in [2.45, 2.75) is 5.75 Å². The summed E-state index contributed by atoms with van der Waals surface area (Å²) in [7, 11) is -2.25. The third-order valence-corrected chi connectivity index (χ3v) is 4.23. The van der Waals surface area contributed by atoms with Crippen molar-refractivity contribution < 1.29 is 13.3 Å². The van der Waals surface area contributed by atoms with Gasteiger partial charge in [0.25, 0.3) is 5.69 Å². The van der Waals surface area contributed by atoms with Crippen LogP contribution in [0.5, 0.6) is 0 Å². The van der Waals surface area contributed by atoms with Gasteiger partial charge in [-0.15, -0.1) is 0 Å². The van der Waals surface area contributed by atoms with Crippen LogP contribution in [-0.2, 0) is 15.8 Å². The number of thiocarbonyl (C=S) groups is 1. The van der Waals surface area contributed by atoms with Crippen molar-refractivity contribution in [2.75, 3.05) is 13.6 Å². The smallest absolute Gasteiger partial charge is 0.269 e. The summed E-state index contributed by atoms with van der Waals surface area (Å²) in [4.78, 5) is 10.1. The summed E-state index contributed by atoms with van der Waals surface area (Å²) in [5, 5.41) is 10.6. The Morgan fingerprint density at radius 2 is 2.16 bits per heavy atom. The SMILES string of the molecule is CN(CC(N)=S)S(=O)(=O)Cc1cccc([N+](=O)[O-])c1. The number of rotatable bonds is 6. The van der Waals surface area contributed by atoms with Crippen LogP contribution < -0.4 is 5.73 Å². The van der Waals surface area contributed by atoms with Gasteiger partial charge in [0.05, 0.1) is 22.2 Å². The lowest BCUT2D eigenvalue weighted by Crippen LogP contribution is -2.35. The van der Waals surface area contributed by atoms with E-state index in [1.807, 2.05) is 0 Å². The van der Waals surface area contributed by atoms with Gasteiger partial charge in [-0.05, 0) is 5.56 Å². The highest BCUT2D eigenvalue weighted by atomic mass is 32.2. The molecule has 0 unspecified atom stereocenters. The number of likely N-dealkylation sites (N-methyl/N-ethyl adjacent to an activating group) is 1. The Kier molecular flexibility index (Phi) is 4.92. The average molecular weight is 303 g/mol. The molecule has 0 saturated heterocycles. The zero-order valence-corrected chi connectivity index (χ0v) is 11.8. The van der Waals surface area contributed by atoms with E-state index < -0.39 is 14.9 Å². The van der Waals surface area contributed by atoms with Crippen molar-refractivity contribution in [3.63, 3.8) is 0 Å². The molecule has 0 aromatic heterocycles. The molecule has 0 aliphatic heterocycles. The normalized spacial score (nSPS) is 11.5. The van der Waals surface area contributed by atoms with Crippen LogP contribution >= 0.6 is 12.2 Å². The molecule has 1 aromatic rings. The van der Waals surface area contributed by atoms with Gasteiger partial charge in [0, 0.05) is 19.2 Å². The van der Waals surface area contributed by atoms with Crippen LogP contribution in [0.1, 0.15) is 5.56 Å². The molecule has 0 amide bonds. The van der Waals surface area contributed by atoms with Crippen LogP contribution in [0.25, 0.3) is 0 Å². The minimum Gasteiger partial charge on any atom is -0.392 e. The summed E-state index contributed by atoms with van der Waals surface area (Å²) < 4.78 is 24.9. The maximum absolute atomic E-state index is 12.0. The summed E-state index contributed by atoms with van der Waals surface area (Å²) in [6.07, 6.45) is 0. The maximum atomic E-state index is 12.0. The number of hydrogen-bond acceptors (Lipinski definition) is 5. The molecule has 1 aromatic carbocycles. The first-order chi connectivity index (χ1) is 8.72. The van der Waals surface area contributed by atoms with Gasteiger partial charge < -0.3 is 5.73 Å². The molecule has 0 heterocycles. The van der Waals surface area contributed by atoms with E-state index in [1.54, 1.807) is 0 Å². The van der Waals surface area contributed by atoms with Crippen molar-refractivity contribution in [2.24, 2.45) is 5.73 Å². The van der Waals surface area contributed by atoms with Crippen LogP contribution in [0.15, 0.2) is 24.3 Å². The van der Waals surface area contributed by atoms with Gasteiger partial charge in [0.1, 0.15) is 0 Å². The van der Waals surface area contributed by atoms with Gasteiger partial charge in [-0.25, -0.2) is 8.42 Å². The Morgan fingerprint density at radius 1 is 1.53 bits per heavy atom. The van der Waals surface area contributed by atoms with Gasteiger partial charge in [-0.3, -0.25) is 10.1 Å². The number of benzene rings is 1. The minimum absolute atomic E-state index is 0.0603. The molecule has 1 rings (SSSR count). The molecule has 0 bridgehead atoms. The maximum Gasteiger partial charge on any atom is 0.269 e. The van der Waals surface area contributed by atoms with Crippen LogP contribution in [0.4, 0.5) is 5.69 Å². The number of nitro benzene ring substituents is 1. The predicted molar refractivity (Wildman–Crippen MR) is 75.1 cm³/mol. The zero-order valence-electron chi connectivity index (χ0n) is 10.1. The quantitative estimate of drug-likeness (QED) is 0.469. The van der Waals surface area contributed by atoms with Crippen molar-refractivity contribution in [1.82, 2.24) is 4.31 Å². The Morgan fingerprint density at radius 3 is 2.68 bits per heavy atom. The molecular weight excluding hydrogens is 290 g/mol. The second kappa shape index (κ2) is 6.04. The highest BCUT2D eigenvalue weighted by Gasteiger charge is 2.20. The first-order valence-corrected chi connectivity index (χ1v) is 7.20. The molecule has 0 aliphatic carbocycles. The average Bonchev–Trinajstić information content (AvgIpc) is 2.27. The molecule has 0 fully saturated rings. The lowest BCUT2D eigenvalue weighted by Gasteiger charge is -2.16. The summed E-state index contributed by atoms with van der Waals surface area (Å²) in [6, 6.07) is 5.48. The lowest BCUT2D eigenvalue weighted by molar-refractivity contribution is -0.384. The summed E-state index contributed by atoms with van der Waals surface area (Å²) >= 11 is 4.64. The Bertz CT molecular complexity index is 601. The van der Waals surface area contributed by atoms with E-state index in [1.165, 1.54) is 31.3 Å². The van der Waals surface area contributed by atoms with E-state index in [0.29, 0.717) is 5.56 Å². The molecule has 7 nitrogen and oxygen atoms in total. The van der Waals surface area contributed by atoms with Crippen molar-refractivity contribution in [3.8, 4) is 0 Å². The molecule has 0 atom stereocenters. The van der Waals surface area contributed by atoms with E-state index in [4.69, 9.17) is 5.73 Å². The van der Waals surface area contributed by atoms with E-state index in [0.717, 1.165) is 4.31 Å². The monoisotopic (exact) mass is 303 g/mol. The van der Waals surface area contributed by atoms with Crippen LogP contribution in [0.2, 0.25) is 0 Å². The fourth-order valence-electron chi connectivity index (χ4n) is 1.40. The fraction of sp³-hybridized carbons (Fsp3) is 0.300. The first kappa shape index (κ1) is 15.5. The van der Waals surface area contributed by atoms with Gasteiger partial charge >= 0.3 is 0 Å². The van der Waals surface area contributed by atoms with Gasteiger partial charge in [0.15, 0.2) is 0 Å². The molecular formula is C10H13N3O4S2. The number of hydrogen-bond donors (Lipinski definition) is 1. The lowest BCUT2D eigenvalue weighted by atomic mass is 10.2. The molecule has 104 valence electrons. The largest absolute Gasteiger partial charge is 0.392 e. The van der Waals surface area contributed by atoms with E-state index >= 15 is 0 Å². The summed E-state index contributed by atoms with van der Waals surface area (Å²) in [5.41, 5.74) is 5.47. The molecule has 2 N–H and O–H groups in total. The van der Waals surface area contributed by atoms with E-state index in [2.05, 4.69) is 12.2 Å². The highest BCUT2D eigenvalue weighted by Crippen LogP contribution is 2.16. The Labute approximate surface area is 116 Å². The second-order valence-corrected chi connectivity index (χ2v) is 6.51. The van der Waals surface area contributed by atoms with Crippen molar-refractivity contribution in [3.05, 3.63) is 39.9 Å². The molecule has 0 spiro atoms. The fourth-order valence-corrected chi connectivity index (χ4v) is 2.83. The summed E-state index contributed by atoms with van der Waals surface area (Å²) in [5.74, 6) is -0.339. The summed E-state index contributed by atoms with van der Waals surface area (Å²) in [6.45, 7) is -0.0629. The molecule has 0 saturated carbocycles. The topological polar surface area (TPSA) is 107 Å². The number of nitrogens with zero attached hydrogens (tertiary/aromatic N) is 2. The van der Waals surface area contributed by atoms with Gasteiger partial charge in [0.2, 0.25) is 10.0 Å². The molecule has 19 heavy (non-hydrogen) atoms. The first-order valence-electron chi connectivity index (χ1n) is 5.18. The molecule has 0 radical (unpaired) electrons. The highest BCUT2D eigenvalue weighted by molar-refractivity contribution is 7.88. The number of non-ortho nitro benzene ring substituents is 1. The number of nitro groups is 1. The third kappa shape index (κ3) is 4.54. The predicted octanol–water partition coefficient (Wildman–Crippen LogP) is 0.643. The standard InChI is InChI=1S/C10H13N3O4S2/c1-12(6-10(11)18)19(16,17)7-8-3-2-4-9(5-8)13(14)15/h2-5H,6-7H2,1H3,(H2,11,18). The van der Waals surface area contributed by atoms with E-state index in [-0.39, 0.29) is 23.0 Å². The number of nitrogens with two attached hydrogens (primary N) is 1. The molecule has 9 heteroatoms. The van der Waals surface area contributed by atoms with Gasteiger partial charge in [-0.2, -0.15) is 4.31 Å². The number of sulfonamides is 1. The van der Waals surface area contributed by atoms with E-state index in [9.17, 15) is 18.5 Å². The second-order valence-electron chi connectivity index (χ2n) is 3.91.